The van der Waals surface area contributed by atoms with Crippen molar-refractivity contribution in [2.24, 2.45) is 4.99 Å². The van der Waals surface area contributed by atoms with Crippen LogP contribution in [0.15, 0.2) is 71.7 Å². The van der Waals surface area contributed by atoms with Gasteiger partial charge >= 0.3 is 5.97 Å². The Morgan fingerprint density at radius 1 is 1.02 bits per heavy atom. The van der Waals surface area contributed by atoms with Gasteiger partial charge in [0.25, 0.3) is 11.8 Å². The highest BCUT2D eigenvalue weighted by Crippen LogP contribution is 2.48. The van der Waals surface area contributed by atoms with Crippen molar-refractivity contribution in [3.05, 3.63) is 99.0 Å². The van der Waals surface area contributed by atoms with Crippen molar-refractivity contribution in [3.63, 3.8) is 0 Å². The molecule has 3 aromatic carbocycles. The van der Waals surface area contributed by atoms with Gasteiger partial charge in [-0.2, -0.15) is 0 Å². The van der Waals surface area contributed by atoms with Gasteiger partial charge in [-0.3, -0.25) is 19.4 Å². The maximum Gasteiger partial charge on any atom is 0.341 e. The molecule has 1 fully saturated rings. The number of aliphatic imine (C=N–C) groups is 1. The van der Waals surface area contributed by atoms with E-state index < -0.39 is 58.4 Å². The van der Waals surface area contributed by atoms with Crippen molar-refractivity contribution in [1.29, 1.82) is 0 Å². The van der Waals surface area contributed by atoms with Crippen molar-refractivity contribution in [2.45, 2.75) is 56.3 Å². The predicted molar refractivity (Wildman–Crippen MR) is 180 cm³/mol. The summed E-state index contributed by atoms with van der Waals surface area (Å²) in [6, 6.07) is 15.9. The molecule has 0 unspecified atom stereocenters. The molecule has 15 heteroatoms. The zero-order chi connectivity index (χ0) is 34.4. The summed E-state index contributed by atoms with van der Waals surface area (Å²) in [5.74, 6) is -3.43. The van der Waals surface area contributed by atoms with E-state index in [1.54, 1.807) is 65.6 Å². The van der Waals surface area contributed by atoms with E-state index in [2.05, 4.69) is 21.9 Å². The zero-order valence-electron chi connectivity index (χ0n) is 25.7. The van der Waals surface area contributed by atoms with Gasteiger partial charge in [-0.25, -0.2) is 23.4 Å². The topological polar surface area (TPSA) is 164 Å². The Morgan fingerprint density at radius 2 is 1.75 bits per heavy atom. The van der Waals surface area contributed by atoms with Crippen LogP contribution in [0.5, 0.6) is 5.75 Å². The number of fused-ring (bicyclic) bond motifs is 1. The van der Waals surface area contributed by atoms with Gasteiger partial charge in [0.1, 0.15) is 12.4 Å². The molecule has 0 radical (unpaired) electrons. The summed E-state index contributed by atoms with van der Waals surface area (Å²) in [5.41, 5.74) is 4.17. The molecule has 254 valence electrons. The number of hydroxylamine groups is 1. The molecular weight excluding hydrogens is 683 g/mol. The second kappa shape index (κ2) is 15.5. The minimum atomic E-state index is -3.86. The molecule has 1 aliphatic heterocycles. The van der Waals surface area contributed by atoms with Gasteiger partial charge in [-0.05, 0) is 55.0 Å². The van der Waals surface area contributed by atoms with E-state index in [1.807, 2.05) is 0 Å². The number of para-hydroxylation sites is 1. The quantitative estimate of drug-likeness (QED) is 0.167. The maximum atomic E-state index is 14.5. The van der Waals surface area contributed by atoms with Gasteiger partial charge in [-0.1, -0.05) is 78.5 Å². The van der Waals surface area contributed by atoms with Gasteiger partial charge in [0, 0.05) is 33.3 Å². The Morgan fingerprint density at radius 3 is 2.50 bits per heavy atom. The lowest BCUT2D eigenvalue weighted by molar-refractivity contribution is -0.139. The molecule has 1 aliphatic carbocycles. The largest absolute Gasteiger partial charge is 0.482 e. The normalized spacial score (nSPS) is 20.9. The Hall–Kier alpha value is -4.01. The fourth-order valence-electron chi connectivity index (χ4n) is 6.39. The van der Waals surface area contributed by atoms with E-state index in [9.17, 15) is 22.8 Å². The van der Waals surface area contributed by atoms with E-state index in [1.165, 1.54) is 6.07 Å². The van der Waals surface area contributed by atoms with Crippen molar-refractivity contribution in [3.8, 4) is 5.75 Å². The molecule has 0 bridgehead atoms. The van der Waals surface area contributed by atoms with Crippen LogP contribution in [0.2, 0.25) is 10.0 Å². The van der Waals surface area contributed by atoms with Crippen LogP contribution in [0, 0.1) is 0 Å². The molecule has 12 nitrogen and oxygen atoms in total. The minimum absolute atomic E-state index is 0.158. The molecule has 0 spiro atoms. The number of nitrogens with one attached hydrogen (secondary N) is 2. The summed E-state index contributed by atoms with van der Waals surface area (Å²) in [6.45, 7) is 2.59. The smallest absolute Gasteiger partial charge is 0.341 e. The van der Waals surface area contributed by atoms with Gasteiger partial charge in [0.15, 0.2) is 12.5 Å². The molecule has 1 saturated carbocycles. The number of carbonyl (C=O) groups is 3. The van der Waals surface area contributed by atoms with E-state index >= 15 is 0 Å². The van der Waals surface area contributed by atoms with E-state index in [4.69, 9.17) is 37.9 Å². The molecule has 2 amide bonds. The Balaban J connectivity index is 1.54. The number of hydrogen-bond donors (Lipinski definition) is 3. The first-order chi connectivity index (χ1) is 23.0. The number of benzene rings is 3. The second-order valence-electron chi connectivity index (χ2n) is 11.5. The van der Waals surface area contributed by atoms with E-state index in [0.717, 1.165) is 12.8 Å². The molecule has 1 heterocycles. The summed E-state index contributed by atoms with van der Waals surface area (Å²) in [7, 11) is -3.86. The fourth-order valence-corrected chi connectivity index (χ4v) is 7.96. The summed E-state index contributed by atoms with van der Waals surface area (Å²) >= 11 is 13.0. The Labute approximate surface area is 288 Å². The summed E-state index contributed by atoms with van der Waals surface area (Å²) in [5, 5.41) is 9.60. The first-order valence-corrected chi connectivity index (χ1v) is 17.5. The lowest BCUT2D eigenvalue weighted by Gasteiger charge is -2.49. The van der Waals surface area contributed by atoms with Gasteiger partial charge < -0.3 is 14.7 Å². The number of sulfonamides is 1. The standard InChI is InChI=1S/C33H34Cl2N4O8S/c1-36-19-48(44,45)38-26-11-5-6-12-27(26)39-31(24-15-14-21(34)16-25(24)35)30(22-9-3-4-10-23(22)33(39)43)32(42)37-47-17-20-8-2-7-13-28(20)46-18-29(40)41/h2-4,7-10,13-16,26-27,30-31,38H,1,5-6,11-12,17-19H2,(H,37,42)(H,40,41)/t26-,27-,30+,31-/m0/s1. The van der Waals surface area contributed by atoms with Crippen LogP contribution < -0.4 is 14.9 Å². The monoisotopic (exact) mass is 716 g/mol. The number of amides is 2. The van der Waals surface area contributed by atoms with Crippen LogP contribution in [0.25, 0.3) is 0 Å². The third-order valence-electron chi connectivity index (χ3n) is 8.34. The number of hydrogen-bond acceptors (Lipinski definition) is 8. The van der Waals surface area contributed by atoms with E-state index in [-0.39, 0.29) is 28.8 Å². The molecular formula is C33H34Cl2N4O8S. The van der Waals surface area contributed by atoms with Crippen molar-refractivity contribution in [1.82, 2.24) is 15.1 Å². The number of carboxylic acids is 1. The molecule has 48 heavy (non-hydrogen) atoms. The average molecular weight is 718 g/mol. The highest BCUT2D eigenvalue weighted by Gasteiger charge is 2.49. The Kier molecular flexibility index (Phi) is 11.4. The van der Waals surface area contributed by atoms with Crippen LogP contribution in [-0.2, 0) is 31.1 Å². The number of aliphatic carboxylic acids is 1. The molecule has 2 aliphatic rings. The molecule has 0 aromatic heterocycles. The molecule has 5 rings (SSSR count). The van der Waals surface area contributed by atoms with E-state index in [0.29, 0.717) is 34.6 Å². The molecule has 4 atom stereocenters. The van der Waals surface area contributed by atoms with Gasteiger partial charge in [0.2, 0.25) is 10.0 Å². The average Bonchev–Trinajstić information content (AvgIpc) is 3.04. The summed E-state index contributed by atoms with van der Waals surface area (Å²) in [4.78, 5) is 50.5. The Bertz CT molecular complexity index is 1810. The van der Waals surface area contributed by atoms with Crippen molar-refractivity contribution >= 4 is 57.7 Å². The van der Waals surface area contributed by atoms with Gasteiger partial charge in [0.05, 0.1) is 12.0 Å². The fraction of sp³-hybridized carbons (Fsp3) is 0.333. The molecule has 0 saturated heterocycles. The van der Waals surface area contributed by atoms with Crippen LogP contribution in [0.4, 0.5) is 0 Å². The van der Waals surface area contributed by atoms with Crippen LogP contribution in [-0.4, -0.2) is 67.5 Å². The number of halogens is 2. The first-order valence-electron chi connectivity index (χ1n) is 15.1. The van der Waals surface area contributed by atoms with Crippen molar-refractivity contribution < 1.29 is 37.5 Å². The summed E-state index contributed by atoms with van der Waals surface area (Å²) < 4.78 is 33.8. The summed E-state index contributed by atoms with van der Waals surface area (Å²) in [6.07, 6.45) is 2.36. The number of carbonyl (C=O) groups excluding carboxylic acids is 2. The number of rotatable bonds is 13. The van der Waals surface area contributed by atoms with Crippen molar-refractivity contribution in [2.75, 3.05) is 12.5 Å². The third kappa shape index (κ3) is 7.99. The maximum absolute atomic E-state index is 14.5. The minimum Gasteiger partial charge on any atom is -0.482 e. The SMILES string of the molecule is C=NCS(=O)(=O)N[C@H]1CCCC[C@@H]1N1C(=O)c2ccccc2[C@@H](C(=O)NOCc2ccccc2OCC(=O)O)[C@@H]1c1ccc(Cl)cc1Cl. The number of nitrogens with zero attached hydrogens (tertiary/aromatic N) is 2. The highest BCUT2D eigenvalue weighted by molar-refractivity contribution is 7.89. The first kappa shape index (κ1) is 35.3. The molecule has 3 aromatic rings. The lowest BCUT2D eigenvalue weighted by Crippen LogP contribution is -2.59. The third-order valence-corrected chi connectivity index (χ3v) is 10.1. The predicted octanol–water partition coefficient (Wildman–Crippen LogP) is 4.87. The van der Waals surface area contributed by atoms with Crippen LogP contribution in [0.1, 0.15) is 64.7 Å². The van der Waals surface area contributed by atoms with Crippen LogP contribution >= 0.6 is 23.2 Å². The lowest BCUT2D eigenvalue weighted by atomic mass is 9.76. The van der Waals surface area contributed by atoms with Gasteiger partial charge in [-0.15, -0.1) is 0 Å². The van der Waals surface area contributed by atoms with Crippen LogP contribution in [0.3, 0.4) is 0 Å². The highest BCUT2D eigenvalue weighted by atomic mass is 35.5. The molecule has 3 N–H and O–H groups in total. The second-order valence-corrected chi connectivity index (χ2v) is 14.0. The number of carboxylic acid groups (broad SMARTS) is 1. The zero-order valence-corrected chi connectivity index (χ0v) is 28.0. The number of ether oxygens (including phenoxy) is 1.